The quantitative estimate of drug-likeness (QED) is 0.192. The molecule has 16 heteroatoms. The molecule has 0 radical (unpaired) electrons. The molecule has 0 bridgehead atoms. The van der Waals surface area contributed by atoms with Gasteiger partial charge < -0.3 is 5.32 Å². The molecule has 3 aromatic carbocycles. The van der Waals surface area contributed by atoms with Gasteiger partial charge in [-0.05, 0) is 42.0 Å². The lowest BCUT2D eigenvalue weighted by Gasteiger charge is -2.30. The van der Waals surface area contributed by atoms with Crippen molar-refractivity contribution >= 4 is 52.2 Å². The van der Waals surface area contributed by atoms with Gasteiger partial charge >= 0.3 is 17.2 Å². The summed E-state index contributed by atoms with van der Waals surface area (Å²) in [7, 11) is 0. The average Bonchev–Trinajstić information content (AvgIpc) is 3.43. The highest BCUT2D eigenvalue weighted by Crippen LogP contribution is 2.54. The number of para-hydroxylation sites is 2. The van der Waals surface area contributed by atoms with Gasteiger partial charge in [0.05, 0.1) is 33.4 Å². The second kappa shape index (κ2) is 11.4. The van der Waals surface area contributed by atoms with Gasteiger partial charge in [-0.15, -0.1) is 0 Å². The molecule has 46 heavy (non-hydrogen) atoms. The Balaban J connectivity index is 1.42. The number of alkyl halides is 6. The fourth-order valence-corrected chi connectivity index (χ4v) is 8.38. The van der Waals surface area contributed by atoms with Crippen molar-refractivity contribution in [3.8, 4) is 0 Å². The van der Waals surface area contributed by atoms with E-state index < -0.39 is 86.9 Å². The monoisotopic (exact) mass is 681 g/mol. The van der Waals surface area contributed by atoms with Crippen molar-refractivity contribution in [2.45, 2.75) is 35.1 Å². The van der Waals surface area contributed by atoms with E-state index in [4.69, 9.17) is 0 Å². The molecule has 3 heterocycles. The van der Waals surface area contributed by atoms with Crippen LogP contribution in [-0.4, -0.2) is 27.5 Å². The van der Waals surface area contributed by atoms with Crippen LogP contribution in [0.15, 0.2) is 82.6 Å². The van der Waals surface area contributed by atoms with Gasteiger partial charge in [0.1, 0.15) is 17.6 Å². The molecule has 238 valence electrons. The molecule has 4 aromatic rings. The summed E-state index contributed by atoms with van der Waals surface area (Å²) >= 11 is 1.31. The van der Waals surface area contributed by atoms with E-state index in [0.717, 1.165) is 53.1 Å². The van der Waals surface area contributed by atoms with Crippen LogP contribution in [0, 0.1) is 11.7 Å². The zero-order valence-electron chi connectivity index (χ0n) is 22.9. The Morgan fingerprint density at radius 2 is 1.41 bits per heavy atom. The lowest BCUT2D eigenvalue weighted by molar-refractivity contribution is -0.138. The van der Waals surface area contributed by atoms with E-state index in [-0.39, 0.29) is 15.5 Å². The Morgan fingerprint density at radius 3 is 2.07 bits per heavy atom. The van der Waals surface area contributed by atoms with E-state index in [2.05, 4.69) is 5.32 Å². The van der Waals surface area contributed by atoms with Gasteiger partial charge in [0, 0.05) is 10.8 Å². The van der Waals surface area contributed by atoms with Gasteiger partial charge in [-0.1, -0.05) is 59.5 Å². The second-order valence-corrected chi connectivity index (χ2v) is 12.5. The first-order valence-corrected chi connectivity index (χ1v) is 15.0. The molecular formula is C30H18F7N3O4S2. The molecule has 2 aliphatic rings. The minimum atomic E-state index is -4.91. The smallest absolute Gasteiger partial charge is 0.324 e. The predicted molar refractivity (Wildman–Crippen MR) is 154 cm³/mol. The van der Waals surface area contributed by atoms with Crippen LogP contribution in [0.4, 0.5) is 42.1 Å². The van der Waals surface area contributed by atoms with Gasteiger partial charge in [0.15, 0.2) is 0 Å². The Hall–Kier alpha value is -4.44. The van der Waals surface area contributed by atoms with Crippen molar-refractivity contribution in [1.29, 1.82) is 0 Å². The number of hydrogen-bond acceptors (Lipinski definition) is 6. The van der Waals surface area contributed by atoms with Crippen LogP contribution in [0.2, 0.25) is 0 Å². The van der Waals surface area contributed by atoms with Crippen molar-refractivity contribution in [1.82, 2.24) is 4.57 Å². The minimum absolute atomic E-state index is 0.0388. The van der Waals surface area contributed by atoms with Gasteiger partial charge in [0.2, 0.25) is 17.7 Å². The second-order valence-electron chi connectivity index (χ2n) is 10.3. The summed E-state index contributed by atoms with van der Waals surface area (Å²) in [5.41, 5.74) is -3.29. The number of fused-ring (bicyclic) bond motifs is 2. The summed E-state index contributed by atoms with van der Waals surface area (Å²) in [6.45, 7) is -0.778. The maximum Gasteiger partial charge on any atom is 0.418 e. The molecule has 1 aromatic heterocycles. The van der Waals surface area contributed by atoms with Gasteiger partial charge in [0.25, 0.3) is 0 Å². The normalized spacial score (nSPS) is 19.6. The zero-order chi connectivity index (χ0) is 33.1. The van der Waals surface area contributed by atoms with Crippen LogP contribution in [0.1, 0.15) is 27.5 Å². The summed E-state index contributed by atoms with van der Waals surface area (Å²) < 4.78 is 97.0. The number of aromatic nitrogens is 1. The third kappa shape index (κ3) is 5.48. The number of thiazole rings is 1. The predicted octanol–water partition coefficient (Wildman–Crippen LogP) is 6.52. The third-order valence-electron chi connectivity index (χ3n) is 7.54. The molecule has 1 N–H and O–H groups in total. The molecule has 3 atom stereocenters. The number of thioether (sulfide) groups is 1. The molecule has 1 fully saturated rings. The van der Waals surface area contributed by atoms with Crippen molar-refractivity contribution in [3.63, 3.8) is 0 Å². The number of hydrogen-bond donors (Lipinski definition) is 1. The summed E-state index contributed by atoms with van der Waals surface area (Å²) in [4.78, 5) is 53.8. The molecule has 7 nitrogen and oxygen atoms in total. The largest absolute Gasteiger partial charge is 0.418 e. The zero-order valence-corrected chi connectivity index (χ0v) is 24.5. The van der Waals surface area contributed by atoms with E-state index in [1.54, 1.807) is 0 Å². The number of anilines is 2. The van der Waals surface area contributed by atoms with E-state index in [1.165, 1.54) is 24.3 Å². The number of carbonyl (C=O) groups excluding carboxylic acids is 3. The summed E-state index contributed by atoms with van der Waals surface area (Å²) in [5, 5.41) is 0.832. The van der Waals surface area contributed by atoms with Crippen LogP contribution in [0.25, 0.3) is 0 Å². The van der Waals surface area contributed by atoms with E-state index in [0.29, 0.717) is 28.0 Å². The summed E-state index contributed by atoms with van der Waals surface area (Å²) in [6, 6.07) is 13.1. The van der Waals surface area contributed by atoms with Crippen molar-refractivity contribution in [2.75, 3.05) is 10.2 Å². The Bertz CT molecular complexity index is 1940. The first kappa shape index (κ1) is 31.5. The highest BCUT2D eigenvalue weighted by atomic mass is 32.2. The molecule has 3 amide bonds. The van der Waals surface area contributed by atoms with E-state index in [9.17, 15) is 49.9 Å². The molecule has 6 rings (SSSR count). The fraction of sp³-hybridized carbons (Fsp3) is 0.200. The number of halogens is 7. The maximum absolute atomic E-state index is 13.9. The Labute approximate surface area is 262 Å². The molecular weight excluding hydrogens is 663 g/mol. The van der Waals surface area contributed by atoms with Gasteiger partial charge in [-0.25, -0.2) is 9.29 Å². The van der Waals surface area contributed by atoms with Crippen molar-refractivity contribution in [3.05, 3.63) is 110 Å². The molecule has 2 aliphatic heterocycles. The SMILES string of the molecule is O=C(Cn1c2c(sc1=O)[C@H](c1ccc(F)cc1)C1C(=O)N(c3ccccc3C(F)(F)F)C(=O)C1S2)Nc1ccccc1C(F)(F)F. The number of imide groups is 1. The molecule has 0 spiro atoms. The fourth-order valence-electron chi connectivity index (χ4n) is 5.60. The minimum Gasteiger partial charge on any atom is -0.324 e. The standard InChI is InChI=1S/C30H18F7N3O4S2/c31-15-11-9-14(10-12-15)21-22-23(26(43)40(25(22)42)19-8-4-2-6-17(19)30(35,36)37)45-27-24(21)46-28(44)39(27)13-20(41)38-18-7-3-1-5-16(18)29(32,33)34/h1-12,21-23H,13H2,(H,38,41)/t21-,22?,23?/m1/s1. The number of nitrogens with zero attached hydrogens (tertiary/aromatic N) is 2. The molecule has 0 aliphatic carbocycles. The van der Waals surface area contributed by atoms with Crippen molar-refractivity contribution < 1.29 is 45.1 Å². The number of rotatable bonds is 5. The van der Waals surface area contributed by atoms with Crippen LogP contribution in [-0.2, 0) is 33.3 Å². The Morgan fingerprint density at radius 1 is 0.804 bits per heavy atom. The maximum atomic E-state index is 13.9. The van der Waals surface area contributed by atoms with Gasteiger partial charge in [-0.2, -0.15) is 26.3 Å². The lowest BCUT2D eigenvalue weighted by Crippen LogP contribution is -2.33. The van der Waals surface area contributed by atoms with Crippen LogP contribution < -0.4 is 15.1 Å². The highest BCUT2D eigenvalue weighted by molar-refractivity contribution is 8.00. The molecule has 0 saturated carbocycles. The first-order chi connectivity index (χ1) is 21.7. The number of nitrogens with one attached hydrogen (secondary N) is 1. The lowest BCUT2D eigenvalue weighted by atomic mass is 9.83. The highest BCUT2D eigenvalue weighted by Gasteiger charge is 2.57. The van der Waals surface area contributed by atoms with E-state index in [1.807, 2.05) is 0 Å². The van der Waals surface area contributed by atoms with Gasteiger partial charge in [-0.3, -0.25) is 23.7 Å². The van der Waals surface area contributed by atoms with E-state index >= 15 is 0 Å². The molecule has 2 unspecified atom stereocenters. The average molecular weight is 682 g/mol. The third-order valence-corrected chi connectivity index (χ3v) is 10.1. The van der Waals surface area contributed by atoms with Crippen LogP contribution >= 0.6 is 23.1 Å². The van der Waals surface area contributed by atoms with Crippen molar-refractivity contribution in [2.24, 2.45) is 5.92 Å². The first-order valence-electron chi connectivity index (χ1n) is 13.3. The number of carbonyl (C=O) groups is 3. The molecule has 1 saturated heterocycles. The number of amides is 3. The number of benzene rings is 3. The van der Waals surface area contributed by atoms with Crippen LogP contribution in [0.5, 0.6) is 0 Å². The topological polar surface area (TPSA) is 88.5 Å². The summed E-state index contributed by atoms with van der Waals surface area (Å²) in [5.74, 6) is -6.02. The summed E-state index contributed by atoms with van der Waals surface area (Å²) in [6.07, 6.45) is -9.70. The van der Waals surface area contributed by atoms with Crippen LogP contribution in [0.3, 0.4) is 0 Å². The Kier molecular flexibility index (Phi) is 7.83.